The van der Waals surface area contributed by atoms with Crippen LogP contribution in [0.3, 0.4) is 0 Å². The minimum Gasteiger partial charge on any atom is -0.463 e. The minimum atomic E-state index is 0.297. The molecule has 0 unspecified atom stereocenters. The molecule has 0 spiro atoms. The summed E-state index contributed by atoms with van der Waals surface area (Å²) in [5.41, 5.74) is 2.98. The lowest BCUT2D eigenvalue weighted by molar-refractivity contribution is 0.274. The Morgan fingerprint density at radius 3 is 2.96 bits per heavy atom. The van der Waals surface area contributed by atoms with Crippen molar-refractivity contribution in [2.24, 2.45) is 13.0 Å². The molecule has 1 fully saturated rings. The van der Waals surface area contributed by atoms with E-state index in [0.717, 1.165) is 23.2 Å². The van der Waals surface area contributed by atoms with Gasteiger partial charge in [0.15, 0.2) is 0 Å². The second-order valence-electron chi connectivity index (χ2n) is 6.81. The highest BCUT2D eigenvalue weighted by Gasteiger charge is 2.40. The molecule has 1 aliphatic carbocycles. The maximum Gasteiger partial charge on any atom is 0.319 e. The van der Waals surface area contributed by atoms with E-state index in [9.17, 15) is 0 Å². The van der Waals surface area contributed by atoms with Crippen molar-refractivity contribution in [2.45, 2.75) is 25.8 Å². The summed E-state index contributed by atoms with van der Waals surface area (Å²) in [6, 6.07) is 6.30. The van der Waals surface area contributed by atoms with E-state index >= 15 is 0 Å². The number of pyridine rings is 1. The lowest BCUT2D eigenvalue weighted by Gasteiger charge is -2.11. The second-order valence-corrected chi connectivity index (χ2v) is 7.17. The van der Waals surface area contributed by atoms with E-state index in [2.05, 4.69) is 31.4 Å². The smallest absolute Gasteiger partial charge is 0.319 e. The molecule has 27 heavy (non-hydrogen) atoms. The quantitative estimate of drug-likeness (QED) is 0.629. The van der Waals surface area contributed by atoms with Gasteiger partial charge in [-0.15, -0.1) is 0 Å². The molecule has 3 aromatic heterocycles. The van der Waals surface area contributed by atoms with Crippen molar-refractivity contribution in [3.05, 3.63) is 58.8 Å². The lowest BCUT2D eigenvalue weighted by Crippen LogP contribution is -2.09. The molecular weight excluding hydrogens is 364 g/mol. The van der Waals surface area contributed by atoms with Crippen molar-refractivity contribution in [1.29, 1.82) is 0 Å². The molecule has 2 atom stereocenters. The van der Waals surface area contributed by atoms with Gasteiger partial charge in [-0.1, -0.05) is 17.7 Å². The first-order chi connectivity index (χ1) is 13.1. The van der Waals surface area contributed by atoms with Gasteiger partial charge in [0.05, 0.1) is 12.8 Å². The maximum atomic E-state index is 6.26. The summed E-state index contributed by atoms with van der Waals surface area (Å²) < 4.78 is 7.59. The average Bonchev–Trinajstić information content (AvgIpc) is 3.34. The molecule has 1 aliphatic rings. The number of aryl methyl sites for hydroxylation is 1. The monoisotopic (exact) mass is 384 g/mol. The average molecular weight is 385 g/mol. The van der Waals surface area contributed by atoms with E-state index in [1.807, 2.05) is 44.7 Å². The van der Waals surface area contributed by atoms with Crippen molar-refractivity contribution in [3.63, 3.8) is 0 Å². The summed E-state index contributed by atoms with van der Waals surface area (Å²) in [6.45, 7) is 3.05. The van der Waals surface area contributed by atoms with E-state index in [4.69, 9.17) is 16.3 Å². The van der Waals surface area contributed by atoms with Crippen LogP contribution in [0.15, 0.2) is 36.8 Å². The predicted molar refractivity (Wildman–Crippen MR) is 103 cm³/mol. The van der Waals surface area contributed by atoms with Crippen molar-refractivity contribution >= 4 is 17.4 Å². The zero-order chi connectivity index (χ0) is 18.8. The number of ether oxygens (including phenoxy) is 1. The summed E-state index contributed by atoms with van der Waals surface area (Å²) >= 11 is 6.26. The fourth-order valence-corrected chi connectivity index (χ4v) is 3.19. The molecule has 0 aromatic carbocycles. The van der Waals surface area contributed by atoms with Crippen LogP contribution in [0.5, 0.6) is 6.01 Å². The van der Waals surface area contributed by atoms with Gasteiger partial charge in [0.1, 0.15) is 11.0 Å². The van der Waals surface area contributed by atoms with Gasteiger partial charge in [-0.05, 0) is 25.5 Å². The first-order valence-corrected chi connectivity index (χ1v) is 9.27. The molecule has 1 saturated carbocycles. The third-order valence-corrected chi connectivity index (χ3v) is 5.07. The number of aromatic nitrogens is 5. The fourth-order valence-electron chi connectivity index (χ4n) is 3.03. The number of halogens is 1. The Morgan fingerprint density at radius 1 is 1.33 bits per heavy atom. The number of hydrogen-bond donors (Lipinski definition) is 1. The van der Waals surface area contributed by atoms with E-state index in [0.29, 0.717) is 42.0 Å². The largest absolute Gasteiger partial charge is 0.463 e. The van der Waals surface area contributed by atoms with Crippen LogP contribution in [-0.4, -0.2) is 31.3 Å². The Hall–Kier alpha value is -2.67. The van der Waals surface area contributed by atoms with E-state index in [-0.39, 0.29) is 0 Å². The van der Waals surface area contributed by atoms with Crippen LogP contribution in [0.2, 0.25) is 5.15 Å². The van der Waals surface area contributed by atoms with Crippen LogP contribution in [0.1, 0.15) is 29.2 Å². The van der Waals surface area contributed by atoms with Gasteiger partial charge < -0.3 is 10.1 Å². The Morgan fingerprint density at radius 2 is 2.22 bits per heavy atom. The molecule has 0 amide bonds. The normalized spacial score (nSPS) is 18.3. The van der Waals surface area contributed by atoms with Crippen LogP contribution in [0.4, 0.5) is 5.82 Å². The van der Waals surface area contributed by atoms with Gasteiger partial charge in [-0.25, -0.2) is 0 Å². The molecule has 140 valence electrons. The molecule has 0 radical (unpaired) electrons. The van der Waals surface area contributed by atoms with E-state index < -0.39 is 0 Å². The van der Waals surface area contributed by atoms with E-state index in [1.165, 1.54) is 0 Å². The van der Waals surface area contributed by atoms with Crippen LogP contribution in [0.25, 0.3) is 0 Å². The van der Waals surface area contributed by atoms with Gasteiger partial charge in [0, 0.05) is 54.6 Å². The highest BCUT2D eigenvalue weighted by molar-refractivity contribution is 6.30. The Kier molecular flexibility index (Phi) is 4.94. The predicted octanol–water partition coefficient (Wildman–Crippen LogP) is 3.36. The molecule has 3 aromatic rings. The summed E-state index contributed by atoms with van der Waals surface area (Å²) in [4.78, 5) is 13.1. The molecule has 0 bridgehead atoms. The Labute approximate surface area is 162 Å². The molecule has 0 saturated heterocycles. The van der Waals surface area contributed by atoms with Crippen LogP contribution >= 0.6 is 11.6 Å². The molecule has 4 rings (SSSR count). The SMILES string of the molecule is Cc1c(Cl)nc(OC[C@H]2C[C@@H]2c2ccccn2)nc1NCc1cnn(C)c1. The number of nitrogens with zero attached hydrogens (tertiary/aromatic N) is 5. The van der Waals surface area contributed by atoms with Crippen molar-refractivity contribution in [2.75, 3.05) is 11.9 Å². The van der Waals surface area contributed by atoms with Crippen LogP contribution < -0.4 is 10.1 Å². The molecular formula is C19H21ClN6O. The van der Waals surface area contributed by atoms with Crippen molar-refractivity contribution < 1.29 is 4.74 Å². The molecule has 7 nitrogen and oxygen atoms in total. The highest BCUT2D eigenvalue weighted by atomic mass is 35.5. The van der Waals surface area contributed by atoms with Crippen LogP contribution in [0, 0.1) is 12.8 Å². The maximum absolute atomic E-state index is 6.26. The number of hydrogen-bond acceptors (Lipinski definition) is 6. The molecule has 1 N–H and O–H groups in total. The number of rotatable bonds is 7. The zero-order valence-corrected chi connectivity index (χ0v) is 16.0. The van der Waals surface area contributed by atoms with E-state index in [1.54, 1.807) is 4.68 Å². The number of anilines is 1. The van der Waals surface area contributed by atoms with Gasteiger partial charge in [-0.2, -0.15) is 15.1 Å². The topological polar surface area (TPSA) is 77.8 Å². The molecule has 0 aliphatic heterocycles. The van der Waals surface area contributed by atoms with Crippen LogP contribution in [-0.2, 0) is 13.6 Å². The van der Waals surface area contributed by atoms with Gasteiger partial charge in [0.25, 0.3) is 0 Å². The highest BCUT2D eigenvalue weighted by Crippen LogP contribution is 2.46. The van der Waals surface area contributed by atoms with Gasteiger partial charge >= 0.3 is 6.01 Å². The summed E-state index contributed by atoms with van der Waals surface area (Å²) in [6.07, 6.45) is 6.66. The minimum absolute atomic E-state index is 0.297. The fraction of sp³-hybridized carbons (Fsp3) is 0.368. The third kappa shape index (κ3) is 4.19. The Balaban J connectivity index is 1.37. The van der Waals surface area contributed by atoms with Crippen molar-refractivity contribution in [3.8, 4) is 6.01 Å². The summed E-state index contributed by atoms with van der Waals surface area (Å²) in [5.74, 6) is 1.57. The molecule has 8 heteroatoms. The van der Waals surface area contributed by atoms with Crippen molar-refractivity contribution in [1.82, 2.24) is 24.7 Å². The zero-order valence-electron chi connectivity index (χ0n) is 15.3. The number of nitrogens with one attached hydrogen (secondary N) is 1. The first kappa shape index (κ1) is 17.7. The standard InChI is InChI=1S/C19H21ClN6O/c1-12-17(20)24-19(25-18(12)22-8-13-9-23-26(2)10-13)27-11-14-7-15(14)16-5-3-4-6-21-16/h3-6,9-10,14-15H,7-8,11H2,1-2H3,(H,22,24,25)/t14-,15+/m1/s1. The summed E-state index contributed by atoms with van der Waals surface area (Å²) in [5, 5.41) is 7.84. The second kappa shape index (κ2) is 7.52. The molecule has 3 heterocycles. The lowest BCUT2D eigenvalue weighted by atomic mass is 10.2. The Bertz CT molecular complexity index is 929. The van der Waals surface area contributed by atoms with Gasteiger partial charge in [0.2, 0.25) is 0 Å². The summed E-state index contributed by atoms with van der Waals surface area (Å²) in [7, 11) is 1.89. The third-order valence-electron chi connectivity index (χ3n) is 4.70. The van der Waals surface area contributed by atoms with Gasteiger partial charge in [-0.3, -0.25) is 9.67 Å². The first-order valence-electron chi connectivity index (χ1n) is 8.89.